The number of carbonyl (C=O) groups is 1. The van der Waals surface area contributed by atoms with Crippen molar-refractivity contribution in [2.45, 2.75) is 12.6 Å². The molecule has 1 heterocycles. The molecule has 2 rings (SSSR count). The molecule has 1 unspecified atom stereocenters. The Bertz CT molecular complexity index is 684. The molecule has 0 aliphatic carbocycles. The van der Waals surface area contributed by atoms with Gasteiger partial charge in [-0.2, -0.15) is 5.10 Å². The number of phenolic OH excluding ortho intramolecular Hbond substituents is 1. The Morgan fingerprint density at radius 1 is 1.52 bits per heavy atom. The number of amides is 1. The lowest BCUT2D eigenvalue weighted by Gasteiger charge is -2.23. The van der Waals surface area contributed by atoms with Crippen LogP contribution in [0, 0.1) is 0 Å². The van der Waals surface area contributed by atoms with Crippen molar-refractivity contribution in [1.29, 1.82) is 0 Å². The van der Waals surface area contributed by atoms with Crippen LogP contribution in [-0.4, -0.2) is 46.9 Å². The first-order valence-corrected chi connectivity index (χ1v) is 7.23. The fraction of sp³-hybridized carbons (Fsp3) is 0.375. The number of nitrogens with one attached hydrogen (secondary N) is 1. The van der Waals surface area contributed by atoms with E-state index in [1.807, 2.05) is 19.3 Å². The maximum Gasteiger partial charge on any atom is 0.244 e. The van der Waals surface area contributed by atoms with Crippen LogP contribution in [-0.2, 0) is 18.4 Å². The standard InChI is InChI=1S/C16H22N4O3/c1-17-15(12-8-18-20(3)10-12)16(22)19(2)9-11-5-6-14(23-4)13(21)7-11/h5-8,10,15,17,21H,9H2,1-4H3. The molecular weight excluding hydrogens is 296 g/mol. The van der Waals surface area contributed by atoms with Gasteiger partial charge in [0, 0.05) is 32.4 Å². The highest BCUT2D eigenvalue weighted by atomic mass is 16.5. The summed E-state index contributed by atoms with van der Waals surface area (Å²) in [6.07, 6.45) is 3.48. The molecule has 0 radical (unpaired) electrons. The third-order valence-electron chi connectivity index (χ3n) is 3.63. The fourth-order valence-electron chi connectivity index (χ4n) is 2.43. The molecule has 1 amide bonds. The number of hydrogen-bond acceptors (Lipinski definition) is 5. The van der Waals surface area contributed by atoms with E-state index in [1.54, 1.807) is 42.0 Å². The van der Waals surface area contributed by atoms with E-state index in [2.05, 4.69) is 10.4 Å². The maximum atomic E-state index is 12.6. The van der Waals surface area contributed by atoms with E-state index in [9.17, 15) is 9.90 Å². The Balaban J connectivity index is 2.11. The molecule has 0 aliphatic heterocycles. The van der Waals surface area contributed by atoms with E-state index >= 15 is 0 Å². The first-order valence-electron chi connectivity index (χ1n) is 7.23. The number of methoxy groups -OCH3 is 1. The third kappa shape index (κ3) is 3.81. The van der Waals surface area contributed by atoms with Crippen molar-refractivity contribution in [3.63, 3.8) is 0 Å². The number of aromatic hydroxyl groups is 1. The van der Waals surface area contributed by atoms with Crippen molar-refractivity contribution in [3.8, 4) is 11.5 Å². The van der Waals surface area contributed by atoms with Crippen LogP contribution in [0.4, 0.5) is 0 Å². The zero-order valence-electron chi connectivity index (χ0n) is 13.8. The number of rotatable bonds is 6. The number of aryl methyl sites for hydroxylation is 1. The summed E-state index contributed by atoms with van der Waals surface area (Å²) in [6.45, 7) is 0.384. The normalized spacial score (nSPS) is 12.0. The van der Waals surface area contributed by atoms with Gasteiger partial charge in [-0.05, 0) is 24.7 Å². The molecule has 0 saturated carbocycles. The molecule has 0 spiro atoms. The van der Waals surface area contributed by atoms with E-state index in [-0.39, 0.29) is 11.7 Å². The summed E-state index contributed by atoms with van der Waals surface area (Å²) in [5.41, 5.74) is 1.63. The lowest BCUT2D eigenvalue weighted by molar-refractivity contribution is -0.132. The van der Waals surface area contributed by atoms with E-state index in [1.165, 1.54) is 7.11 Å². The van der Waals surface area contributed by atoms with Crippen LogP contribution >= 0.6 is 0 Å². The van der Waals surface area contributed by atoms with E-state index in [0.717, 1.165) is 11.1 Å². The number of ether oxygens (including phenoxy) is 1. The molecule has 0 saturated heterocycles. The number of carbonyl (C=O) groups excluding carboxylic acids is 1. The van der Waals surface area contributed by atoms with Crippen molar-refractivity contribution >= 4 is 5.91 Å². The molecule has 1 aromatic heterocycles. The second-order valence-corrected chi connectivity index (χ2v) is 5.37. The summed E-state index contributed by atoms with van der Waals surface area (Å²) < 4.78 is 6.68. The van der Waals surface area contributed by atoms with Crippen molar-refractivity contribution in [2.24, 2.45) is 7.05 Å². The highest BCUT2D eigenvalue weighted by Gasteiger charge is 2.23. The van der Waals surface area contributed by atoms with Gasteiger partial charge in [0.25, 0.3) is 0 Å². The third-order valence-corrected chi connectivity index (χ3v) is 3.63. The van der Waals surface area contributed by atoms with Crippen LogP contribution < -0.4 is 10.1 Å². The highest BCUT2D eigenvalue weighted by Crippen LogP contribution is 2.27. The first-order chi connectivity index (χ1) is 11.0. The molecule has 2 N–H and O–H groups in total. The van der Waals surface area contributed by atoms with Gasteiger partial charge < -0.3 is 20.1 Å². The molecule has 0 aliphatic rings. The van der Waals surface area contributed by atoms with Crippen LogP contribution in [0.15, 0.2) is 30.6 Å². The molecule has 2 aromatic rings. The smallest absolute Gasteiger partial charge is 0.244 e. The number of likely N-dealkylation sites (N-methyl/N-ethyl adjacent to an activating group) is 2. The van der Waals surface area contributed by atoms with Gasteiger partial charge in [-0.25, -0.2) is 0 Å². The summed E-state index contributed by atoms with van der Waals surface area (Å²) in [7, 11) is 6.77. The van der Waals surface area contributed by atoms with Crippen molar-refractivity contribution in [2.75, 3.05) is 21.2 Å². The van der Waals surface area contributed by atoms with Gasteiger partial charge in [0.2, 0.25) is 5.91 Å². The minimum Gasteiger partial charge on any atom is -0.504 e. The average molecular weight is 318 g/mol. The van der Waals surface area contributed by atoms with Crippen LogP contribution in [0.5, 0.6) is 11.5 Å². The van der Waals surface area contributed by atoms with Crippen molar-refractivity contribution in [3.05, 3.63) is 41.7 Å². The monoisotopic (exact) mass is 318 g/mol. The fourth-order valence-corrected chi connectivity index (χ4v) is 2.43. The minimum atomic E-state index is -0.458. The van der Waals surface area contributed by atoms with Crippen molar-refractivity contribution < 1.29 is 14.6 Å². The highest BCUT2D eigenvalue weighted by molar-refractivity contribution is 5.83. The summed E-state index contributed by atoms with van der Waals surface area (Å²) in [5.74, 6) is 0.394. The number of nitrogens with zero attached hydrogens (tertiary/aromatic N) is 3. The minimum absolute atomic E-state index is 0.0586. The van der Waals surface area contributed by atoms with Gasteiger partial charge in [0.05, 0.1) is 13.3 Å². The maximum absolute atomic E-state index is 12.6. The molecule has 1 atom stereocenters. The van der Waals surface area contributed by atoms with Gasteiger partial charge in [-0.1, -0.05) is 6.07 Å². The van der Waals surface area contributed by atoms with Crippen LogP contribution in [0.3, 0.4) is 0 Å². The van der Waals surface area contributed by atoms with E-state index in [4.69, 9.17) is 4.74 Å². The Kier molecular flexibility index (Phi) is 5.23. The number of benzene rings is 1. The average Bonchev–Trinajstić information content (AvgIpc) is 2.94. The SMILES string of the molecule is CNC(C(=O)N(C)Cc1ccc(OC)c(O)c1)c1cnn(C)c1. The van der Waals surface area contributed by atoms with Gasteiger partial charge in [0.15, 0.2) is 11.5 Å². The Labute approximate surface area is 135 Å². The summed E-state index contributed by atoms with van der Waals surface area (Å²) in [4.78, 5) is 14.2. The second-order valence-electron chi connectivity index (χ2n) is 5.37. The first kappa shape index (κ1) is 16.8. The van der Waals surface area contributed by atoms with E-state index in [0.29, 0.717) is 12.3 Å². The molecule has 1 aromatic carbocycles. The molecular formula is C16H22N4O3. The lowest BCUT2D eigenvalue weighted by Crippen LogP contribution is -2.37. The summed E-state index contributed by atoms with van der Waals surface area (Å²) in [5, 5.41) is 16.9. The number of hydrogen-bond donors (Lipinski definition) is 2. The largest absolute Gasteiger partial charge is 0.504 e. The molecule has 0 bridgehead atoms. The van der Waals surface area contributed by atoms with Gasteiger partial charge in [-0.3, -0.25) is 9.48 Å². The molecule has 7 heteroatoms. The lowest BCUT2D eigenvalue weighted by atomic mass is 10.1. The quantitative estimate of drug-likeness (QED) is 0.832. The topological polar surface area (TPSA) is 79.6 Å². The Morgan fingerprint density at radius 3 is 2.78 bits per heavy atom. The van der Waals surface area contributed by atoms with Gasteiger partial charge in [0.1, 0.15) is 6.04 Å². The molecule has 7 nitrogen and oxygen atoms in total. The van der Waals surface area contributed by atoms with Gasteiger partial charge >= 0.3 is 0 Å². The van der Waals surface area contributed by atoms with E-state index < -0.39 is 6.04 Å². The molecule has 124 valence electrons. The number of phenols is 1. The van der Waals surface area contributed by atoms with Crippen LogP contribution in [0.2, 0.25) is 0 Å². The zero-order chi connectivity index (χ0) is 17.0. The second kappa shape index (κ2) is 7.15. The zero-order valence-corrected chi connectivity index (χ0v) is 13.8. The summed E-state index contributed by atoms with van der Waals surface area (Å²) in [6, 6.07) is 4.64. The van der Waals surface area contributed by atoms with Crippen LogP contribution in [0.25, 0.3) is 0 Å². The van der Waals surface area contributed by atoms with Crippen LogP contribution in [0.1, 0.15) is 17.2 Å². The predicted molar refractivity (Wildman–Crippen MR) is 86.1 cm³/mol. The predicted octanol–water partition coefficient (Wildman–Crippen LogP) is 1.05. The Hall–Kier alpha value is -2.54. The summed E-state index contributed by atoms with van der Waals surface area (Å²) >= 11 is 0. The molecule has 23 heavy (non-hydrogen) atoms. The Morgan fingerprint density at radius 2 is 2.26 bits per heavy atom. The van der Waals surface area contributed by atoms with Gasteiger partial charge in [-0.15, -0.1) is 0 Å². The van der Waals surface area contributed by atoms with Crippen molar-refractivity contribution in [1.82, 2.24) is 20.0 Å². The molecule has 0 fully saturated rings. The number of aromatic nitrogens is 2.